The number of rotatable bonds is 6. The van der Waals surface area contributed by atoms with E-state index in [1.807, 2.05) is 26.1 Å². The Morgan fingerprint density at radius 2 is 1.78 bits per heavy atom. The highest BCUT2D eigenvalue weighted by atomic mass is 19.1. The zero-order valence-corrected chi connectivity index (χ0v) is 20.1. The van der Waals surface area contributed by atoms with Crippen LogP contribution in [0, 0.1) is 25.5 Å². The number of nitrogens with zero attached hydrogens (tertiary/aromatic N) is 4. The quantitative estimate of drug-likeness (QED) is 0.280. The lowest BCUT2D eigenvalue weighted by Gasteiger charge is -2.10. The standard InChI is InChI=1S/C26H22F2N6O3/c1-13-23(14(2)34(33-13)12-15-4-18(27)8-19(28)5-15)21-11-31-24-20(21)6-16(9-29-24)17-7-22(37-3)25(30-10-17)32-26(35)36/h4-11H,12H2,1-3H3,(H,29,31)(H,30,32)(H,35,36). The van der Waals surface area contributed by atoms with Gasteiger partial charge in [-0.2, -0.15) is 5.10 Å². The summed E-state index contributed by atoms with van der Waals surface area (Å²) in [7, 11) is 1.43. The van der Waals surface area contributed by atoms with Crippen molar-refractivity contribution in [2.24, 2.45) is 0 Å². The number of aromatic nitrogens is 5. The topological polar surface area (TPSA) is 118 Å². The fraction of sp³-hybridized carbons (Fsp3) is 0.154. The maximum absolute atomic E-state index is 13.7. The lowest BCUT2D eigenvalue weighted by Crippen LogP contribution is -2.10. The maximum Gasteiger partial charge on any atom is 0.410 e. The van der Waals surface area contributed by atoms with Crippen LogP contribution in [0.2, 0.25) is 0 Å². The Bertz CT molecular complexity index is 1640. The molecule has 37 heavy (non-hydrogen) atoms. The number of carboxylic acid groups (broad SMARTS) is 1. The van der Waals surface area contributed by atoms with Gasteiger partial charge < -0.3 is 14.8 Å². The predicted octanol–water partition coefficient (Wildman–Crippen LogP) is 5.53. The third-order valence-corrected chi connectivity index (χ3v) is 6.07. The van der Waals surface area contributed by atoms with Crippen LogP contribution in [0.4, 0.5) is 19.4 Å². The first-order valence-electron chi connectivity index (χ1n) is 11.2. The molecule has 0 fully saturated rings. The van der Waals surface area contributed by atoms with E-state index in [1.54, 1.807) is 16.9 Å². The Labute approximate surface area is 209 Å². The first kappa shape index (κ1) is 23.9. The van der Waals surface area contributed by atoms with Crippen molar-refractivity contribution >= 4 is 22.9 Å². The van der Waals surface area contributed by atoms with Gasteiger partial charge >= 0.3 is 6.09 Å². The summed E-state index contributed by atoms with van der Waals surface area (Å²) in [4.78, 5) is 22.9. The van der Waals surface area contributed by atoms with Crippen LogP contribution in [-0.2, 0) is 6.54 Å². The molecule has 4 aromatic heterocycles. The van der Waals surface area contributed by atoms with Gasteiger partial charge in [-0.15, -0.1) is 0 Å². The molecule has 0 spiro atoms. The largest absolute Gasteiger partial charge is 0.493 e. The summed E-state index contributed by atoms with van der Waals surface area (Å²) in [5.41, 5.74) is 5.93. The fourth-order valence-corrected chi connectivity index (χ4v) is 4.44. The molecule has 9 nitrogen and oxygen atoms in total. The molecule has 0 atom stereocenters. The number of pyridine rings is 2. The van der Waals surface area contributed by atoms with Crippen LogP contribution in [0.25, 0.3) is 33.3 Å². The third-order valence-electron chi connectivity index (χ3n) is 6.07. The van der Waals surface area contributed by atoms with Gasteiger partial charge in [0.15, 0.2) is 11.6 Å². The highest BCUT2D eigenvalue weighted by Crippen LogP contribution is 2.36. The molecule has 5 aromatic rings. The number of amides is 1. The number of fused-ring (bicyclic) bond motifs is 1. The minimum absolute atomic E-state index is 0.0898. The Morgan fingerprint density at radius 3 is 2.49 bits per heavy atom. The van der Waals surface area contributed by atoms with Gasteiger partial charge in [0.25, 0.3) is 0 Å². The van der Waals surface area contributed by atoms with E-state index in [4.69, 9.17) is 9.84 Å². The van der Waals surface area contributed by atoms with Crippen LogP contribution in [0.5, 0.6) is 5.75 Å². The van der Waals surface area contributed by atoms with Crippen LogP contribution < -0.4 is 10.1 Å². The second-order valence-electron chi connectivity index (χ2n) is 8.51. The van der Waals surface area contributed by atoms with E-state index in [0.717, 1.165) is 39.5 Å². The molecule has 3 N–H and O–H groups in total. The number of halogens is 2. The number of aryl methyl sites for hydroxylation is 1. The molecule has 0 aliphatic rings. The van der Waals surface area contributed by atoms with E-state index < -0.39 is 17.7 Å². The highest BCUT2D eigenvalue weighted by Gasteiger charge is 2.19. The highest BCUT2D eigenvalue weighted by molar-refractivity contribution is 5.97. The molecule has 0 saturated heterocycles. The van der Waals surface area contributed by atoms with Gasteiger partial charge in [-0.05, 0) is 43.7 Å². The number of ether oxygens (including phenoxy) is 1. The molecule has 188 valence electrons. The van der Waals surface area contributed by atoms with E-state index in [2.05, 4.69) is 25.4 Å². The van der Waals surface area contributed by atoms with Crippen LogP contribution in [0.3, 0.4) is 0 Å². The zero-order valence-electron chi connectivity index (χ0n) is 20.1. The average molecular weight is 504 g/mol. The predicted molar refractivity (Wildman–Crippen MR) is 134 cm³/mol. The molecule has 0 saturated carbocycles. The number of hydrogen-bond acceptors (Lipinski definition) is 5. The summed E-state index contributed by atoms with van der Waals surface area (Å²) in [6.45, 7) is 4.00. The van der Waals surface area contributed by atoms with E-state index in [-0.39, 0.29) is 18.1 Å². The second-order valence-corrected chi connectivity index (χ2v) is 8.51. The number of aromatic amines is 1. The van der Waals surface area contributed by atoms with E-state index in [9.17, 15) is 13.6 Å². The zero-order chi connectivity index (χ0) is 26.3. The molecule has 0 unspecified atom stereocenters. The summed E-state index contributed by atoms with van der Waals surface area (Å²) < 4.78 is 34.4. The molecular weight excluding hydrogens is 482 g/mol. The summed E-state index contributed by atoms with van der Waals surface area (Å²) in [6.07, 6.45) is 3.83. The minimum atomic E-state index is -1.24. The second kappa shape index (κ2) is 9.34. The van der Waals surface area contributed by atoms with Crippen molar-refractivity contribution < 1.29 is 23.4 Å². The third kappa shape index (κ3) is 4.58. The van der Waals surface area contributed by atoms with Crippen LogP contribution in [0.15, 0.2) is 48.9 Å². The van der Waals surface area contributed by atoms with Crippen molar-refractivity contribution in [2.75, 3.05) is 12.4 Å². The van der Waals surface area contributed by atoms with Gasteiger partial charge in [-0.25, -0.2) is 23.5 Å². The number of benzene rings is 1. The maximum atomic E-state index is 13.7. The molecular formula is C26H22F2N6O3. The van der Waals surface area contributed by atoms with Crippen molar-refractivity contribution in [3.8, 4) is 28.0 Å². The number of methoxy groups -OCH3 is 1. The minimum Gasteiger partial charge on any atom is -0.493 e. The number of anilines is 1. The average Bonchev–Trinajstić information content (AvgIpc) is 3.37. The Morgan fingerprint density at radius 1 is 1.08 bits per heavy atom. The lowest BCUT2D eigenvalue weighted by atomic mass is 10.0. The first-order valence-corrected chi connectivity index (χ1v) is 11.2. The van der Waals surface area contributed by atoms with Crippen molar-refractivity contribution in [2.45, 2.75) is 20.4 Å². The van der Waals surface area contributed by atoms with Crippen molar-refractivity contribution in [3.05, 3.63) is 77.5 Å². The molecule has 0 bridgehead atoms. The number of carbonyl (C=O) groups is 1. The molecule has 5 rings (SSSR count). The van der Waals surface area contributed by atoms with Gasteiger partial charge in [0.2, 0.25) is 0 Å². The molecule has 1 amide bonds. The van der Waals surface area contributed by atoms with Crippen LogP contribution >= 0.6 is 0 Å². The number of H-pyrrole nitrogens is 1. The summed E-state index contributed by atoms with van der Waals surface area (Å²) in [5.74, 6) is -0.905. The summed E-state index contributed by atoms with van der Waals surface area (Å²) >= 11 is 0. The summed E-state index contributed by atoms with van der Waals surface area (Å²) in [6, 6.07) is 7.06. The number of hydrogen-bond donors (Lipinski definition) is 3. The van der Waals surface area contributed by atoms with E-state index in [0.29, 0.717) is 16.8 Å². The number of nitrogens with one attached hydrogen (secondary N) is 2. The Kier molecular flexibility index (Phi) is 6.04. The summed E-state index contributed by atoms with van der Waals surface area (Å²) in [5, 5.41) is 16.7. The van der Waals surface area contributed by atoms with Gasteiger partial charge in [-0.1, -0.05) is 0 Å². The van der Waals surface area contributed by atoms with Crippen LogP contribution in [-0.4, -0.2) is 43.0 Å². The smallest absolute Gasteiger partial charge is 0.410 e. The van der Waals surface area contributed by atoms with Gasteiger partial charge in [0.05, 0.1) is 19.3 Å². The molecule has 11 heteroatoms. The normalized spacial score (nSPS) is 11.2. The lowest BCUT2D eigenvalue weighted by molar-refractivity contribution is 0.209. The van der Waals surface area contributed by atoms with E-state index >= 15 is 0 Å². The Balaban J connectivity index is 1.55. The van der Waals surface area contributed by atoms with Gasteiger partial charge in [-0.3, -0.25) is 10.00 Å². The van der Waals surface area contributed by atoms with Crippen molar-refractivity contribution in [1.29, 1.82) is 0 Å². The van der Waals surface area contributed by atoms with E-state index in [1.165, 1.54) is 25.4 Å². The first-order chi connectivity index (χ1) is 17.7. The van der Waals surface area contributed by atoms with Crippen LogP contribution in [0.1, 0.15) is 17.0 Å². The SMILES string of the molecule is COc1cc(-c2cnc3[nH]cc(-c4c(C)nn(Cc5cc(F)cc(F)c5)c4C)c3c2)cnc1NC(=O)O. The monoisotopic (exact) mass is 504 g/mol. The molecule has 0 radical (unpaired) electrons. The van der Waals surface area contributed by atoms with Gasteiger partial charge in [0.1, 0.15) is 17.3 Å². The van der Waals surface area contributed by atoms with Crippen molar-refractivity contribution in [3.63, 3.8) is 0 Å². The Hall–Kier alpha value is -4.80. The van der Waals surface area contributed by atoms with Crippen molar-refractivity contribution in [1.82, 2.24) is 24.7 Å². The molecule has 1 aromatic carbocycles. The molecule has 4 heterocycles. The molecule has 0 aliphatic carbocycles. The van der Waals surface area contributed by atoms with Gasteiger partial charge in [0, 0.05) is 58.0 Å². The fourth-order valence-electron chi connectivity index (χ4n) is 4.44. The molecule has 0 aliphatic heterocycles.